The number of nitrogens with zero attached hydrogens (tertiary/aromatic N) is 2. The Balaban J connectivity index is 2.37. The van der Waals surface area contributed by atoms with E-state index in [1.54, 1.807) is 4.57 Å². The van der Waals surface area contributed by atoms with Gasteiger partial charge in [0, 0.05) is 17.3 Å². The lowest BCUT2D eigenvalue weighted by molar-refractivity contribution is -0.119. The lowest BCUT2D eigenvalue weighted by Gasteiger charge is -2.21. The van der Waals surface area contributed by atoms with Crippen molar-refractivity contribution in [3.05, 3.63) is 22.1 Å². The van der Waals surface area contributed by atoms with Crippen LogP contribution < -0.4 is 10.9 Å². The lowest BCUT2D eigenvalue weighted by atomic mass is 10.1. The molecule has 7 heteroatoms. The van der Waals surface area contributed by atoms with Crippen molar-refractivity contribution in [2.75, 3.05) is 5.75 Å². The Morgan fingerprint density at radius 1 is 1.46 bits per heavy atom. The molecule has 1 atom stereocenters. The molecule has 2 aromatic rings. The predicted octanol–water partition coefficient (Wildman–Crippen LogP) is 3.01. The number of aryl methyl sites for hydroxylation is 1. The number of carbonyl (C=O) groups is 1. The van der Waals surface area contributed by atoms with Gasteiger partial charge in [0.2, 0.25) is 5.91 Å². The fraction of sp³-hybridized carbons (Fsp3) is 0.588. The maximum atomic E-state index is 12.8. The topological polar surface area (TPSA) is 79.8 Å². The molecular formula is C17H26N4O2S. The maximum Gasteiger partial charge on any atom is 0.278 e. The van der Waals surface area contributed by atoms with E-state index >= 15 is 0 Å². The molecule has 0 aromatic carbocycles. The fourth-order valence-electron chi connectivity index (χ4n) is 2.45. The molecule has 0 aliphatic carbocycles. The summed E-state index contributed by atoms with van der Waals surface area (Å²) in [5, 5.41) is 3.51. The summed E-state index contributed by atoms with van der Waals surface area (Å²) in [6.45, 7) is 11.7. The summed E-state index contributed by atoms with van der Waals surface area (Å²) in [4.78, 5) is 32.6. The monoisotopic (exact) mass is 350 g/mol. The van der Waals surface area contributed by atoms with Crippen molar-refractivity contribution >= 4 is 28.7 Å². The molecule has 0 fully saturated rings. The van der Waals surface area contributed by atoms with Crippen molar-refractivity contribution in [2.24, 2.45) is 0 Å². The van der Waals surface area contributed by atoms with Crippen LogP contribution in [0.2, 0.25) is 0 Å². The molecule has 6 nitrogen and oxygen atoms in total. The van der Waals surface area contributed by atoms with Crippen molar-refractivity contribution in [3.63, 3.8) is 0 Å². The van der Waals surface area contributed by atoms with E-state index in [9.17, 15) is 9.59 Å². The van der Waals surface area contributed by atoms with Gasteiger partial charge in [0.05, 0.1) is 11.3 Å². The molecule has 0 saturated heterocycles. The second-order valence-electron chi connectivity index (χ2n) is 7.13. The van der Waals surface area contributed by atoms with Gasteiger partial charge in [-0.1, -0.05) is 18.7 Å². The first kappa shape index (κ1) is 18.6. The molecule has 1 amide bonds. The summed E-state index contributed by atoms with van der Waals surface area (Å²) >= 11 is 1.30. The van der Waals surface area contributed by atoms with Gasteiger partial charge in [0.1, 0.15) is 5.52 Å². The highest BCUT2D eigenvalue weighted by atomic mass is 32.2. The summed E-state index contributed by atoms with van der Waals surface area (Å²) in [7, 11) is 0. The van der Waals surface area contributed by atoms with E-state index in [0.29, 0.717) is 16.2 Å². The third kappa shape index (κ3) is 4.20. The zero-order valence-corrected chi connectivity index (χ0v) is 16.0. The molecule has 2 rings (SSSR count). The quantitative estimate of drug-likeness (QED) is 0.642. The molecule has 0 spiro atoms. The number of thioether (sulfide) groups is 1. The zero-order chi connectivity index (χ0) is 18.1. The average molecular weight is 350 g/mol. The standard InChI is InChI=1S/C17H26N4O2S/c1-7-11(3)21-15(23)14-12(8-10(2)18-14)19-16(21)24-9-13(22)20-17(4,5)6/h8,11,18H,7,9H2,1-6H3,(H,20,22)/t11-/m0/s1. The second-order valence-corrected chi connectivity index (χ2v) is 8.07. The highest BCUT2D eigenvalue weighted by Crippen LogP contribution is 2.22. The van der Waals surface area contributed by atoms with Crippen LogP contribution in [0.15, 0.2) is 16.0 Å². The Bertz CT molecular complexity index is 801. The Morgan fingerprint density at radius 2 is 2.12 bits per heavy atom. The normalized spacial score (nSPS) is 13.2. The van der Waals surface area contributed by atoms with Crippen molar-refractivity contribution in [3.8, 4) is 0 Å². The predicted molar refractivity (Wildman–Crippen MR) is 98.7 cm³/mol. The fourth-order valence-corrected chi connectivity index (χ4v) is 3.34. The van der Waals surface area contributed by atoms with Crippen molar-refractivity contribution in [1.82, 2.24) is 19.9 Å². The van der Waals surface area contributed by atoms with Gasteiger partial charge in [0.25, 0.3) is 5.56 Å². The van der Waals surface area contributed by atoms with E-state index in [4.69, 9.17) is 0 Å². The molecule has 2 N–H and O–H groups in total. The Morgan fingerprint density at radius 3 is 2.71 bits per heavy atom. The van der Waals surface area contributed by atoms with Crippen LogP contribution in [0.5, 0.6) is 0 Å². The van der Waals surface area contributed by atoms with Crippen LogP contribution in [0.25, 0.3) is 11.0 Å². The SMILES string of the molecule is CC[C@H](C)n1c(SCC(=O)NC(C)(C)C)nc2cc(C)[nH]c2c1=O. The van der Waals surface area contributed by atoms with Gasteiger partial charge in [-0.05, 0) is 47.1 Å². The molecule has 0 radical (unpaired) electrons. The first-order valence-corrected chi connectivity index (χ1v) is 9.16. The third-order valence-electron chi connectivity index (χ3n) is 3.66. The van der Waals surface area contributed by atoms with Gasteiger partial charge in [0.15, 0.2) is 5.16 Å². The molecule has 2 heterocycles. The van der Waals surface area contributed by atoms with Crippen LogP contribution in [0.4, 0.5) is 0 Å². The van der Waals surface area contributed by atoms with E-state index in [2.05, 4.69) is 15.3 Å². The number of aromatic amines is 1. The Labute approximate surface area is 146 Å². The number of H-pyrrole nitrogens is 1. The Hall–Kier alpha value is -1.76. The summed E-state index contributed by atoms with van der Waals surface area (Å²) < 4.78 is 1.69. The van der Waals surface area contributed by atoms with E-state index in [0.717, 1.165) is 12.1 Å². The van der Waals surface area contributed by atoms with Gasteiger partial charge >= 0.3 is 0 Å². The van der Waals surface area contributed by atoms with Crippen LogP contribution in [-0.4, -0.2) is 31.7 Å². The molecular weight excluding hydrogens is 324 g/mol. The number of hydrogen-bond acceptors (Lipinski definition) is 4. The van der Waals surface area contributed by atoms with E-state index in [1.807, 2.05) is 47.6 Å². The van der Waals surface area contributed by atoms with Crippen LogP contribution in [0, 0.1) is 6.92 Å². The molecule has 0 aliphatic rings. The first-order valence-electron chi connectivity index (χ1n) is 8.18. The summed E-state index contributed by atoms with van der Waals surface area (Å²) in [5.41, 5.74) is 1.72. The second kappa shape index (κ2) is 7.01. The molecule has 24 heavy (non-hydrogen) atoms. The van der Waals surface area contributed by atoms with Crippen molar-refractivity contribution < 1.29 is 4.79 Å². The highest BCUT2D eigenvalue weighted by molar-refractivity contribution is 7.99. The van der Waals surface area contributed by atoms with Crippen LogP contribution in [0.3, 0.4) is 0 Å². The maximum absolute atomic E-state index is 12.8. The molecule has 0 saturated carbocycles. The van der Waals surface area contributed by atoms with Crippen molar-refractivity contribution in [1.29, 1.82) is 0 Å². The average Bonchev–Trinajstić information content (AvgIpc) is 2.83. The Kier molecular flexibility index (Phi) is 5.42. The van der Waals surface area contributed by atoms with E-state index in [-0.39, 0.29) is 28.8 Å². The smallest absolute Gasteiger partial charge is 0.278 e. The summed E-state index contributed by atoms with van der Waals surface area (Å²) in [6.07, 6.45) is 0.814. The van der Waals surface area contributed by atoms with E-state index < -0.39 is 0 Å². The molecule has 132 valence electrons. The minimum absolute atomic E-state index is 0.0196. The third-order valence-corrected chi connectivity index (χ3v) is 4.62. The largest absolute Gasteiger partial charge is 0.353 e. The number of fused-ring (bicyclic) bond motifs is 1. The number of amides is 1. The van der Waals surface area contributed by atoms with Gasteiger partial charge in [-0.2, -0.15) is 0 Å². The van der Waals surface area contributed by atoms with Gasteiger partial charge in [-0.3, -0.25) is 14.2 Å². The number of hydrogen-bond donors (Lipinski definition) is 2. The molecule has 0 aliphatic heterocycles. The van der Waals surface area contributed by atoms with Gasteiger partial charge in [-0.15, -0.1) is 0 Å². The van der Waals surface area contributed by atoms with Crippen LogP contribution in [0.1, 0.15) is 52.8 Å². The first-order chi connectivity index (χ1) is 11.1. The number of carbonyl (C=O) groups excluding carboxylic acids is 1. The lowest BCUT2D eigenvalue weighted by Crippen LogP contribution is -2.41. The molecule has 2 aromatic heterocycles. The van der Waals surface area contributed by atoms with Crippen LogP contribution >= 0.6 is 11.8 Å². The number of nitrogens with one attached hydrogen (secondary N) is 2. The van der Waals surface area contributed by atoms with E-state index in [1.165, 1.54) is 11.8 Å². The summed E-state index contributed by atoms with van der Waals surface area (Å²) in [6, 6.07) is 1.88. The minimum Gasteiger partial charge on any atom is -0.353 e. The summed E-state index contributed by atoms with van der Waals surface area (Å²) in [5.74, 6) is 0.164. The minimum atomic E-state index is -0.275. The molecule has 0 unspecified atom stereocenters. The highest BCUT2D eigenvalue weighted by Gasteiger charge is 2.19. The zero-order valence-electron chi connectivity index (χ0n) is 15.2. The number of aromatic nitrogens is 3. The molecule has 0 bridgehead atoms. The van der Waals surface area contributed by atoms with Crippen LogP contribution in [-0.2, 0) is 4.79 Å². The number of rotatable bonds is 5. The van der Waals surface area contributed by atoms with Gasteiger partial charge in [-0.25, -0.2) is 4.98 Å². The van der Waals surface area contributed by atoms with Crippen molar-refractivity contribution in [2.45, 2.75) is 64.7 Å². The van der Waals surface area contributed by atoms with Gasteiger partial charge < -0.3 is 10.3 Å².